The van der Waals surface area contributed by atoms with Crippen LogP contribution in [0.3, 0.4) is 0 Å². The third-order valence-electron chi connectivity index (χ3n) is 17.7. The molecule has 10 aliphatic rings. The summed E-state index contributed by atoms with van der Waals surface area (Å²) in [4.78, 5) is 23.0. The van der Waals surface area contributed by atoms with Crippen LogP contribution in [0.25, 0.3) is 21.5 Å². The number of aliphatic imine (C=N–C) groups is 2. The van der Waals surface area contributed by atoms with E-state index >= 15 is 0 Å². The molecule has 10 aliphatic heterocycles. The monoisotopic (exact) mass is 952 g/mol. The molecule has 0 fully saturated rings. The first-order valence-electron chi connectivity index (χ1n) is 24.7. The predicted octanol–water partition coefficient (Wildman–Crippen LogP) is 8.24. The zero-order chi connectivity index (χ0) is 49.0. The summed E-state index contributed by atoms with van der Waals surface area (Å²) in [5.74, 6) is 7.80. The Balaban J connectivity index is 1.09. The van der Waals surface area contributed by atoms with Crippen LogP contribution < -0.4 is 48.9 Å². The zero-order valence-corrected chi connectivity index (χ0v) is 42.1. The van der Waals surface area contributed by atoms with E-state index in [2.05, 4.69) is 150 Å². The molecule has 71 heavy (non-hydrogen) atoms. The lowest BCUT2D eigenvalue weighted by atomic mass is 9.87. The van der Waals surface area contributed by atoms with Gasteiger partial charge in [0, 0.05) is 0 Å². The van der Waals surface area contributed by atoms with Gasteiger partial charge in [0.25, 0.3) is 23.3 Å². The molecule has 4 aromatic carbocycles. The van der Waals surface area contributed by atoms with Gasteiger partial charge >= 0.3 is 5.91 Å². The highest BCUT2D eigenvalue weighted by molar-refractivity contribution is 6.21. The molecule has 0 bridgehead atoms. The van der Waals surface area contributed by atoms with Gasteiger partial charge in [-0.3, -0.25) is 0 Å². The van der Waals surface area contributed by atoms with Crippen molar-refractivity contribution in [2.75, 3.05) is 0 Å². The summed E-state index contributed by atoms with van der Waals surface area (Å²) in [6.07, 6.45) is -0.444. The minimum atomic E-state index is -1.35. The quantitative estimate of drug-likeness (QED) is 0.139. The summed E-state index contributed by atoms with van der Waals surface area (Å²) in [5, 5.41) is 3.39. The van der Waals surface area contributed by atoms with Gasteiger partial charge < -0.3 is 37.9 Å². The summed E-state index contributed by atoms with van der Waals surface area (Å²) in [6.45, 7) is 28.8. The Morgan fingerprint density at radius 1 is 0.394 bits per heavy atom. The van der Waals surface area contributed by atoms with Crippen LogP contribution in [-0.2, 0) is 5.91 Å². The third kappa shape index (κ3) is 4.41. The van der Waals surface area contributed by atoms with Gasteiger partial charge in [0.2, 0.25) is 22.6 Å². The minimum absolute atomic E-state index is 0.222. The van der Waals surface area contributed by atoms with Gasteiger partial charge in [0.05, 0.1) is 43.8 Å². The second kappa shape index (κ2) is 11.4. The van der Waals surface area contributed by atoms with Crippen molar-refractivity contribution in [2.24, 2.45) is 20.0 Å². The number of hydrogen-bond acceptors (Lipinski definition) is 12. The highest BCUT2D eigenvalue weighted by Crippen LogP contribution is 2.58. The molecule has 16 heteroatoms. The fourth-order valence-electron chi connectivity index (χ4n) is 11.8. The predicted molar refractivity (Wildman–Crippen MR) is 262 cm³/mol. The highest BCUT2D eigenvalue weighted by atomic mass is 16.6. The molecular weight excluding hydrogens is 901 g/mol. The van der Waals surface area contributed by atoms with Crippen LogP contribution in [0.5, 0.6) is 46.0 Å². The van der Waals surface area contributed by atoms with Gasteiger partial charge in [0.15, 0.2) is 46.0 Å². The first kappa shape index (κ1) is 40.4. The fraction of sp³-hybridized carbons (Fsp3) is 0.418. The maximum absolute atomic E-state index is 6.87. The smallest absolute Gasteiger partial charge is 0.404 e. The number of ether oxygens (including phenoxy) is 8. The molecule has 0 aliphatic carbocycles. The molecule has 1 spiro atoms. The second-order valence-corrected chi connectivity index (χ2v) is 23.7. The lowest BCUT2D eigenvalue weighted by molar-refractivity contribution is -0.790. The van der Waals surface area contributed by atoms with Crippen molar-refractivity contribution in [2.45, 2.75) is 149 Å². The first-order chi connectivity index (χ1) is 33.4. The summed E-state index contributed by atoms with van der Waals surface area (Å²) in [7, 11) is 0. The van der Waals surface area contributed by atoms with Crippen molar-refractivity contribution in [1.82, 2.24) is 9.13 Å². The Morgan fingerprint density at radius 2 is 0.732 bits per heavy atom. The molecule has 0 saturated carbocycles. The molecule has 3 atom stereocenters. The van der Waals surface area contributed by atoms with E-state index in [-0.39, 0.29) is 12.2 Å². The van der Waals surface area contributed by atoms with Gasteiger partial charge in [-0.25, -0.2) is 0 Å². The number of benzene rings is 4. The SMILES string of the molecule is CC1Oc2cc3c(cc2OC1(C)C)C1=Nc2c4cc5c(cc4c4n2C26n7c(c8cc9c(cc8c7=NC3=[N+]12)OC(C)(C)C(C)O9)=NC1=[N+]6C(=N4)c2cc3c(cc21)OC(C)(C)C(C)(C)O3)OC(C)(C)C(C)(C)O5. The molecule has 12 heterocycles. The lowest BCUT2D eigenvalue weighted by Gasteiger charge is -2.45. The summed E-state index contributed by atoms with van der Waals surface area (Å²) < 4.78 is 63.4. The van der Waals surface area contributed by atoms with E-state index in [1.165, 1.54) is 0 Å². The van der Waals surface area contributed by atoms with E-state index in [9.17, 15) is 0 Å². The number of nitrogens with zero attached hydrogens (tertiary/aromatic N) is 8. The maximum atomic E-state index is 6.87. The van der Waals surface area contributed by atoms with Crippen LogP contribution in [0.15, 0.2) is 68.5 Å². The van der Waals surface area contributed by atoms with E-state index in [4.69, 9.17) is 57.9 Å². The Kier molecular flexibility index (Phi) is 6.47. The number of rotatable bonds is 0. The van der Waals surface area contributed by atoms with Crippen LogP contribution in [0.2, 0.25) is 0 Å². The molecule has 16 rings (SSSR count). The fourth-order valence-corrected chi connectivity index (χ4v) is 11.8. The van der Waals surface area contributed by atoms with Gasteiger partial charge in [-0.05, 0) is 145 Å². The third-order valence-corrected chi connectivity index (χ3v) is 17.7. The largest absolute Gasteiger partial charge is 0.483 e. The number of aromatic nitrogens is 2. The molecule has 0 radical (unpaired) electrons. The van der Waals surface area contributed by atoms with Gasteiger partial charge in [0.1, 0.15) is 45.8 Å². The highest BCUT2D eigenvalue weighted by Gasteiger charge is 2.70. The standard InChI is InChI=1S/C55H52N8O8/c1-23-49(3,4)66-35-17-27-25(15-33(35)64-23)42-57-45-29-19-37-38(69-52(9,10)51(7,8)68-37)20-30(29)47-59-48-32-22-40-39(70-53(11,12)54(13,14)71-40)21-31(32)46-58-44-28-18-36-34(65-24(2)50(5,6)67-36)16-26(28)41-56-43(27)60(42)55(61(41)44,62(45)47)63(46)48/h15-24H,1-14H3/q+2. The van der Waals surface area contributed by atoms with E-state index in [1.54, 1.807) is 0 Å². The van der Waals surface area contributed by atoms with Crippen LogP contribution >= 0.6 is 0 Å². The van der Waals surface area contributed by atoms with E-state index in [1.807, 2.05) is 13.8 Å². The molecule has 3 unspecified atom stereocenters. The second-order valence-electron chi connectivity index (χ2n) is 23.7. The van der Waals surface area contributed by atoms with Crippen LogP contribution in [-0.4, -0.2) is 87.4 Å². The normalized spacial score (nSPS) is 26.7. The Bertz CT molecular complexity index is 4010. The van der Waals surface area contributed by atoms with Crippen molar-refractivity contribution in [3.63, 3.8) is 0 Å². The Hall–Kier alpha value is -7.36. The Labute approximate surface area is 407 Å². The molecule has 0 saturated heterocycles. The van der Waals surface area contributed by atoms with Gasteiger partial charge in [-0.2, -0.15) is 9.13 Å². The van der Waals surface area contributed by atoms with Crippen LogP contribution in [0.1, 0.15) is 119 Å². The summed E-state index contributed by atoms with van der Waals surface area (Å²) in [6, 6.07) is 16.6. The molecule has 6 aromatic rings. The summed E-state index contributed by atoms with van der Waals surface area (Å²) >= 11 is 0. The molecule has 358 valence electrons. The molecule has 0 N–H and O–H groups in total. The minimum Gasteiger partial charge on any atom is -0.483 e. The van der Waals surface area contributed by atoms with E-state index in [0.29, 0.717) is 91.9 Å². The van der Waals surface area contributed by atoms with E-state index < -0.39 is 39.5 Å². The zero-order valence-electron chi connectivity index (χ0n) is 42.1. The molecule has 2 aromatic heterocycles. The number of fused-ring (bicyclic) bond motifs is 16. The summed E-state index contributed by atoms with van der Waals surface area (Å²) in [5.41, 5.74) is 0.970. The molecular formula is C55H52N8O8+2. The topological polar surface area (TPSA) is 139 Å². The maximum Gasteiger partial charge on any atom is 0.404 e. The number of amidine groups is 4. The Morgan fingerprint density at radius 3 is 1.18 bits per heavy atom. The van der Waals surface area contributed by atoms with Crippen molar-refractivity contribution < 1.29 is 47.0 Å². The number of hydrogen-bond donors (Lipinski definition) is 0. The molecule has 0 amide bonds. The van der Waals surface area contributed by atoms with Crippen molar-refractivity contribution in [3.05, 3.63) is 81.8 Å². The average molecular weight is 953 g/mol. The molecule has 16 nitrogen and oxygen atoms in total. The van der Waals surface area contributed by atoms with Crippen LogP contribution in [0.4, 0.5) is 11.6 Å². The van der Waals surface area contributed by atoms with E-state index in [0.717, 1.165) is 43.8 Å². The first-order valence-corrected chi connectivity index (χ1v) is 24.7. The van der Waals surface area contributed by atoms with Crippen molar-refractivity contribution in [3.8, 4) is 46.0 Å². The average Bonchev–Trinajstić information content (AvgIpc) is 3.99. The van der Waals surface area contributed by atoms with Gasteiger partial charge in [-0.1, -0.05) is 20.0 Å². The van der Waals surface area contributed by atoms with Crippen LogP contribution in [0, 0.1) is 0 Å². The van der Waals surface area contributed by atoms with Crippen molar-refractivity contribution in [1.29, 1.82) is 0 Å². The van der Waals surface area contributed by atoms with Gasteiger partial charge in [-0.15, -0.1) is 9.15 Å². The van der Waals surface area contributed by atoms with Crippen molar-refractivity contribution >= 4 is 56.5 Å². The lowest BCUT2D eigenvalue weighted by Crippen LogP contribution is -2.71.